The first kappa shape index (κ1) is 22.1. The Hall–Kier alpha value is -2.68. The lowest BCUT2D eigenvalue weighted by molar-refractivity contribution is 0.583. The maximum atomic E-state index is 6.48. The maximum absolute atomic E-state index is 6.48. The van der Waals surface area contributed by atoms with Gasteiger partial charge in [0.25, 0.3) is 0 Å². The molecular weight excluding hydrogens is 488 g/mol. The van der Waals surface area contributed by atoms with Crippen LogP contribution in [0.2, 0.25) is 10.0 Å². The zero-order valence-electron chi connectivity index (χ0n) is 17.4. The Kier molecular flexibility index (Phi) is 6.23. The molecule has 0 unspecified atom stereocenters. The quantitative estimate of drug-likeness (QED) is 0.242. The highest BCUT2D eigenvalue weighted by atomic mass is 35.5. The van der Waals surface area contributed by atoms with E-state index in [1.54, 1.807) is 12.1 Å². The number of rotatable bonds is 4. The molecule has 33 heavy (non-hydrogen) atoms. The van der Waals surface area contributed by atoms with Crippen LogP contribution in [-0.4, -0.2) is 16.4 Å². The molecule has 0 atom stereocenters. The van der Waals surface area contributed by atoms with E-state index < -0.39 is 6.89 Å². The summed E-state index contributed by atoms with van der Waals surface area (Å²) in [6.45, 7) is -2.45. The van der Waals surface area contributed by atoms with Crippen molar-refractivity contribution in [1.29, 1.82) is 0 Å². The van der Waals surface area contributed by atoms with Crippen molar-refractivity contribution in [2.45, 2.75) is 0 Å². The van der Waals surface area contributed by atoms with Crippen LogP contribution in [0.25, 0.3) is 0 Å². The molecule has 162 valence electrons. The number of nitrogens with zero attached hydrogens (tertiary/aromatic N) is 1. The first-order chi connectivity index (χ1) is 16.1. The highest BCUT2D eigenvalue weighted by molar-refractivity contribution is 7.98. The lowest BCUT2D eigenvalue weighted by atomic mass is 10.2. The van der Waals surface area contributed by atoms with E-state index in [0.717, 1.165) is 21.3 Å². The van der Waals surface area contributed by atoms with E-state index in [2.05, 4.69) is 72.8 Å². The van der Waals surface area contributed by atoms with Crippen LogP contribution in [0.1, 0.15) is 5.56 Å². The van der Waals surface area contributed by atoms with Gasteiger partial charge >= 0.3 is 0 Å². The standard InChI is InChI=1S/C27H18Cl2NOPS/c28-19-16-17-23(24(29)18-19)25-30-26(27(33)31-25)32(20-10-4-1-5-11-20,21-12-6-2-7-13-21)22-14-8-3-9-15-22/h1-18H. The number of aliphatic imine (C=N–C) groups is 1. The summed E-state index contributed by atoms with van der Waals surface area (Å²) < 4.78 is 6.10. The number of benzene rings is 4. The van der Waals surface area contributed by atoms with Gasteiger partial charge in [-0.25, -0.2) is 4.99 Å². The number of ether oxygens (including phenoxy) is 1. The van der Waals surface area contributed by atoms with E-state index in [1.807, 2.05) is 24.3 Å². The number of thiocarbonyl (C=S) groups is 1. The fourth-order valence-corrected chi connectivity index (χ4v) is 9.13. The molecule has 0 amide bonds. The van der Waals surface area contributed by atoms with Gasteiger partial charge in [0.2, 0.25) is 10.9 Å². The van der Waals surface area contributed by atoms with Crippen molar-refractivity contribution in [2.24, 2.45) is 4.99 Å². The molecule has 0 N–H and O–H groups in total. The molecule has 0 bridgehead atoms. The second-order valence-corrected chi connectivity index (χ2v) is 12.0. The average molecular weight is 506 g/mol. The smallest absolute Gasteiger partial charge is 0.230 e. The Bertz CT molecular complexity index is 1320. The van der Waals surface area contributed by atoms with Crippen LogP contribution in [0, 0.1) is 0 Å². The first-order valence-corrected chi connectivity index (χ1v) is 13.3. The molecule has 0 aliphatic carbocycles. The summed E-state index contributed by atoms with van der Waals surface area (Å²) in [6, 6.07) is 36.5. The minimum atomic E-state index is -2.45. The zero-order chi connectivity index (χ0) is 22.8. The van der Waals surface area contributed by atoms with E-state index in [1.165, 1.54) is 0 Å². The molecule has 1 aliphatic heterocycles. The molecule has 4 aromatic carbocycles. The van der Waals surface area contributed by atoms with Gasteiger partial charge < -0.3 is 4.74 Å². The lowest BCUT2D eigenvalue weighted by Crippen LogP contribution is -2.31. The van der Waals surface area contributed by atoms with Gasteiger partial charge in [0.15, 0.2) is 0 Å². The maximum Gasteiger partial charge on any atom is 0.230 e. The molecule has 0 saturated carbocycles. The normalized spacial score (nSPS) is 13.6. The highest BCUT2D eigenvalue weighted by Crippen LogP contribution is 2.48. The molecule has 0 radical (unpaired) electrons. The Balaban J connectivity index is 1.92. The van der Waals surface area contributed by atoms with Crippen molar-refractivity contribution >= 4 is 74.6 Å². The zero-order valence-corrected chi connectivity index (χ0v) is 20.6. The monoisotopic (exact) mass is 505 g/mol. The van der Waals surface area contributed by atoms with Crippen LogP contribution < -0.4 is 15.9 Å². The van der Waals surface area contributed by atoms with Gasteiger partial charge in [-0.05, 0) is 46.3 Å². The Morgan fingerprint density at radius 1 is 0.667 bits per heavy atom. The fourth-order valence-electron chi connectivity index (χ4n) is 4.06. The summed E-state index contributed by atoms with van der Waals surface area (Å²) in [5.41, 5.74) is 1.41. The minimum absolute atomic E-state index is 0.362. The van der Waals surface area contributed by atoms with Crippen molar-refractivity contribution in [1.82, 2.24) is 0 Å². The van der Waals surface area contributed by atoms with Gasteiger partial charge in [0.05, 0.1) is 10.6 Å². The largest absolute Gasteiger partial charge is 0.424 e. The Morgan fingerprint density at radius 3 is 1.61 bits per heavy atom. The van der Waals surface area contributed by atoms with Crippen molar-refractivity contribution in [3.05, 3.63) is 125 Å². The second-order valence-electron chi connectivity index (χ2n) is 7.43. The fraction of sp³-hybridized carbons (Fsp3) is 0. The van der Waals surface area contributed by atoms with Crippen molar-refractivity contribution in [2.75, 3.05) is 0 Å². The van der Waals surface area contributed by atoms with Crippen molar-refractivity contribution < 1.29 is 4.74 Å². The molecule has 1 aliphatic rings. The Labute approximate surface area is 208 Å². The number of halogens is 2. The summed E-state index contributed by atoms with van der Waals surface area (Å²) >= 11 is 18.4. The van der Waals surface area contributed by atoms with Crippen molar-refractivity contribution in [3.8, 4) is 0 Å². The van der Waals surface area contributed by atoms with E-state index >= 15 is 0 Å². The second kappa shape index (κ2) is 9.29. The summed E-state index contributed by atoms with van der Waals surface area (Å²) in [5.74, 6) is 0.392. The molecule has 0 fully saturated rings. The molecule has 4 aromatic rings. The predicted molar refractivity (Wildman–Crippen MR) is 147 cm³/mol. The number of hydrogen-bond acceptors (Lipinski definition) is 2. The average Bonchev–Trinajstić information content (AvgIpc) is 3.23. The summed E-state index contributed by atoms with van der Waals surface area (Å²) in [7, 11) is 0. The minimum Gasteiger partial charge on any atom is -0.424 e. The third-order valence-electron chi connectivity index (χ3n) is 5.49. The summed E-state index contributed by atoms with van der Waals surface area (Å²) in [6.07, 6.45) is 0. The van der Waals surface area contributed by atoms with E-state index in [0.29, 0.717) is 26.6 Å². The van der Waals surface area contributed by atoms with Gasteiger partial charge in [-0.2, -0.15) is 0 Å². The third kappa shape index (κ3) is 3.96. The van der Waals surface area contributed by atoms with Crippen LogP contribution >= 0.6 is 42.3 Å². The molecular formula is C27H18Cl2NOPS. The molecule has 0 spiro atoms. The molecule has 1 heterocycles. The predicted octanol–water partition coefficient (Wildman–Crippen LogP) is 6.22. The first-order valence-electron chi connectivity index (χ1n) is 10.3. The highest BCUT2D eigenvalue weighted by Gasteiger charge is 2.36. The molecule has 6 heteroatoms. The summed E-state index contributed by atoms with van der Waals surface area (Å²) in [4.78, 5) is 5.02. The molecule has 5 rings (SSSR count). The molecule has 0 aromatic heterocycles. The van der Waals surface area contributed by atoms with Gasteiger partial charge in [0, 0.05) is 11.9 Å². The number of hydrogen-bond donors (Lipinski definition) is 0. The van der Waals surface area contributed by atoms with Gasteiger partial charge in [0.1, 0.15) is 5.42 Å². The third-order valence-corrected chi connectivity index (χ3v) is 10.6. The topological polar surface area (TPSA) is 21.6 Å². The van der Waals surface area contributed by atoms with Crippen LogP contribution in [-0.2, 0) is 4.74 Å². The van der Waals surface area contributed by atoms with Crippen LogP contribution in [0.5, 0.6) is 0 Å². The van der Waals surface area contributed by atoms with Crippen LogP contribution in [0.3, 0.4) is 0 Å². The van der Waals surface area contributed by atoms with E-state index in [9.17, 15) is 0 Å². The van der Waals surface area contributed by atoms with E-state index in [4.69, 9.17) is 45.1 Å². The van der Waals surface area contributed by atoms with Gasteiger partial charge in [-0.3, -0.25) is 0 Å². The molecule has 0 saturated heterocycles. The van der Waals surface area contributed by atoms with Gasteiger partial charge in [-0.15, -0.1) is 0 Å². The summed E-state index contributed by atoms with van der Waals surface area (Å²) in [5, 5.41) is 4.82. The molecule has 2 nitrogen and oxygen atoms in total. The van der Waals surface area contributed by atoms with Crippen molar-refractivity contribution in [3.63, 3.8) is 0 Å². The van der Waals surface area contributed by atoms with Crippen LogP contribution in [0.4, 0.5) is 0 Å². The van der Waals surface area contributed by atoms with E-state index in [-0.39, 0.29) is 0 Å². The van der Waals surface area contributed by atoms with Crippen LogP contribution in [0.15, 0.2) is 114 Å². The lowest BCUT2D eigenvalue weighted by Gasteiger charge is -2.29. The van der Waals surface area contributed by atoms with Gasteiger partial charge in [-0.1, -0.05) is 114 Å². The SMILES string of the molecule is S=C1OC(c2ccc(Cl)cc2Cl)=NC1=P(c1ccccc1)(c1ccccc1)c1ccccc1. The Morgan fingerprint density at radius 2 is 1.15 bits per heavy atom.